The van der Waals surface area contributed by atoms with E-state index >= 15 is 0 Å². The summed E-state index contributed by atoms with van der Waals surface area (Å²) in [6, 6.07) is 16.2. The normalized spacial score (nSPS) is 11.8. The van der Waals surface area contributed by atoms with Crippen LogP contribution in [0.25, 0.3) is 22.1 Å². The van der Waals surface area contributed by atoms with Crippen LogP contribution in [0.2, 0.25) is 0 Å². The topological polar surface area (TPSA) is 125 Å². The van der Waals surface area contributed by atoms with E-state index in [1.807, 2.05) is 75.6 Å². The van der Waals surface area contributed by atoms with Crippen LogP contribution >= 0.6 is 0 Å². The maximum Gasteiger partial charge on any atom is 0.264 e. The smallest absolute Gasteiger partial charge is 0.264 e. The van der Waals surface area contributed by atoms with Gasteiger partial charge in [-0.05, 0) is 49.1 Å². The molecule has 0 bridgehead atoms. The maximum absolute atomic E-state index is 14.3. The van der Waals surface area contributed by atoms with Crippen LogP contribution in [0, 0.1) is 18.8 Å². The lowest BCUT2D eigenvalue weighted by Gasteiger charge is -2.22. The molecule has 3 N–H and O–H groups in total. The van der Waals surface area contributed by atoms with Crippen LogP contribution in [0.5, 0.6) is 0 Å². The highest BCUT2D eigenvalue weighted by atomic mass is 16.2. The number of nitrogens with zero attached hydrogens (tertiary/aromatic N) is 6. The van der Waals surface area contributed by atoms with E-state index in [9.17, 15) is 9.59 Å². The molecule has 1 atom stereocenters. The Morgan fingerprint density at radius 2 is 1.93 bits per heavy atom. The molecule has 0 aliphatic carbocycles. The molecule has 0 aliphatic rings. The zero-order valence-corrected chi connectivity index (χ0v) is 22.7. The summed E-state index contributed by atoms with van der Waals surface area (Å²) in [5, 5.41) is 12.6. The highest BCUT2D eigenvalue weighted by Gasteiger charge is 2.24. The molecule has 0 radical (unpaired) electrons. The number of anilines is 1. The van der Waals surface area contributed by atoms with Gasteiger partial charge in [0.1, 0.15) is 5.56 Å². The highest BCUT2D eigenvalue weighted by molar-refractivity contribution is 6.04. The van der Waals surface area contributed by atoms with Crippen LogP contribution < -0.4 is 16.6 Å². The zero-order chi connectivity index (χ0) is 28.7. The third kappa shape index (κ3) is 4.59. The summed E-state index contributed by atoms with van der Waals surface area (Å²) in [6.45, 7) is 3.77. The lowest BCUT2D eigenvalue weighted by molar-refractivity contribution is 0.0941. The Kier molecular flexibility index (Phi) is 6.32. The van der Waals surface area contributed by atoms with Gasteiger partial charge in [0.2, 0.25) is 0 Å². The van der Waals surface area contributed by atoms with Gasteiger partial charge in [0.15, 0.2) is 11.5 Å². The summed E-state index contributed by atoms with van der Waals surface area (Å²) < 4.78 is 4.79. The van der Waals surface area contributed by atoms with Crippen molar-refractivity contribution in [3.63, 3.8) is 0 Å². The molecule has 4 aromatic heterocycles. The van der Waals surface area contributed by atoms with E-state index < -0.39 is 11.9 Å². The average molecular weight is 543 g/mol. The predicted octanol–water partition coefficient (Wildman–Crippen LogP) is 3.55. The van der Waals surface area contributed by atoms with Crippen molar-refractivity contribution in [1.82, 2.24) is 34.3 Å². The minimum absolute atomic E-state index is 0.0695. The molecule has 6 rings (SSSR count). The Labute approximate surface area is 235 Å². The summed E-state index contributed by atoms with van der Waals surface area (Å²) in [4.78, 5) is 32.0. The number of fused-ring (bicyclic) bond motifs is 2. The average Bonchev–Trinajstić information content (AvgIpc) is 3.53. The number of rotatable bonds is 4. The van der Waals surface area contributed by atoms with Crippen molar-refractivity contribution >= 4 is 28.1 Å². The molecule has 4 heterocycles. The quantitative estimate of drug-likeness (QED) is 0.328. The number of carbonyl (C=O) groups is 1. The lowest BCUT2D eigenvalue weighted by Crippen LogP contribution is -2.32. The van der Waals surface area contributed by atoms with Gasteiger partial charge in [-0.15, -0.1) is 5.10 Å². The molecule has 2 aromatic carbocycles. The van der Waals surface area contributed by atoms with Gasteiger partial charge in [-0.25, -0.2) is 9.50 Å². The van der Waals surface area contributed by atoms with Crippen LogP contribution in [0.3, 0.4) is 0 Å². The van der Waals surface area contributed by atoms with Crippen LogP contribution in [-0.2, 0) is 7.05 Å². The van der Waals surface area contributed by atoms with E-state index in [1.54, 1.807) is 33.9 Å². The molecular formula is C31H26N8O2. The number of nitrogens with one attached hydrogen (secondary N) is 1. The summed E-state index contributed by atoms with van der Waals surface area (Å²) in [5.74, 6) is 5.89. The molecule has 41 heavy (non-hydrogen) atoms. The van der Waals surface area contributed by atoms with Crippen LogP contribution in [-0.4, -0.2) is 34.9 Å². The first-order chi connectivity index (χ1) is 19.8. The number of para-hydroxylation sites is 1. The monoisotopic (exact) mass is 542 g/mol. The Bertz CT molecular complexity index is 2090. The number of hydrogen-bond donors (Lipinski definition) is 2. The molecule has 0 fully saturated rings. The lowest BCUT2D eigenvalue weighted by atomic mass is 10.0. The number of nitrogens with two attached hydrogens (primary N) is 1. The molecule has 0 aliphatic heterocycles. The second kappa shape index (κ2) is 10.1. The summed E-state index contributed by atoms with van der Waals surface area (Å²) >= 11 is 0. The molecule has 10 nitrogen and oxygen atoms in total. The van der Waals surface area contributed by atoms with Crippen LogP contribution in [0.4, 0.5) is 5.82 Å². The third-order valence-corrected chi connectivity index (χ3v) is 6.92. The highest BCUT2D eigenvalue weighted by Crippen LogP contribution is 2.25. The molecule has 1 amide bonds. The van der Waals surface area contributed by atoms with E-state index in [2.05, 4.69) is 32.3 Å². The molecule has 202 valence electrons. The maximum atomic E-state index is 14.3. The molecule has 6 aromatic rings. The number of amides is 1. The molecule has 0 saturated heterocycles. The minimum atomic E-state index is -0.581. The third-order valence-electron chi connectivity index (χ3n) is 6.92. The van der Waals surface area contributed by atoms with E-state index in [-0.39, 0.29) is 16.9 Å². The van der Waals surface area contributed by atoms with Crippen molar-refractivity contribution in [2.75, 3.05) is 5.73 Å². The first kappa shape index (κ1) is 25.6. The van der Waals surface area contributed by atoms with Gasteiger partial charge in [-0.2, -0.15) is 5.10 Å². The number of carbonyl (C=O) groups excluding carboxylic acids is 1. The number of aryl methyl sites for hydroxylation is 2. The Hall–Kier alpha value is -5.69. The number of nitrogen functional groups attached to an aromatic ring is 1. The molecule has 10 heteroatoms. The Morgan fingerprint density at radius 3 is 2.71 bits per heavy atom. The van der Waals surface area contributed by atoms with Gasteiger partial charge in [-0.1, -0.05) is 42.2 Å². The second-order valence-electron chi connectivity index (χ2n) is 9.76. The second-order valence-corrected chi connectivity index (χ2v) is 9.76. The fourth-order valence-corrected chi connectivity index (χ4v) is 4.96. The van der Waals surface area contributed by atoms with E-state index in [4.69, 9.17) is 5.73 Å². The Morgan fingerprint density at radius 1 is 1.10 bits per heavy atom. The fraction of sp³-hybridized carbons (Fsp3) is 0.129. The van der Waals surface area contributed by atoms with Crippen molar-refractivity contribution < 1.29 is 4.79 Å². The number of hydrogen-bond acceptors (Lipinski definition) is 6. The number of benzene rings is 2. The minimum Gasteiger partial charge on any atom is -0.381 e. The van der Waals surface area contributed by atoms with Crippen molar-refractivity contribution in [2.24, 2.45) is 7.05 Å². The van der Waals surface area contributed by atoms with Gasteiger partial charge in [0, 0.05) is 36.9 Å². The molecule has 0 spiro atoms. The van der Waals surface area contributed by atoms with Crippen LogP contribution in [0.15, 0.2) is 84.2 Å². The number of pyridine rings is 1. The molecule has 0 unspecified atom stereocenters. The Balaban J connectivity index is 1.50. The van der Waals surface area contributed by atoms with Crippen molar-refractivity contribution in [3.05, 3.63) is 118 Å². The van der Waals surface area contributed by atoms with Gasteiger partial charge in [-0.3, -0.25) is 18.8 Å². The summed E-state index contributed by atoms with van der Waals surface area (Å²) in [6.07, 6.45) is 6.74. The van der Waals surface area contributed by atoms with Crippen LogP contribution in [0.1, 0.15) is 45.7 Å². The van der Waals surface area contributed by atoms with E-state index in [1.165, 1.54) is 4.52 Å². The van der Waals surface area contributed by atoms with Gasteiger partial charge in [0.05, 0.1) is 28.9 Å². The number of aromatic nitrogens is 6. The predicted molar refractivity (Wildman–Crippen MR) is 157 cm³/mol. The first-order valence-corrected chi connectivity index (χ1v) is 13.0. The first-order valence-electron chi connectivity index (χ1n) is 13.0. The molecule has 0 saturated carbocycles. The largest absolute Gasteiger partial charge is 0.381 e. The van der Waals surface area contributed by atoms with Crippen molar-refractivity contribution in [1.29, 1.82) is 0 Å². The van der Waals surface area contributed by atoms with Crippen molar-refractivity contribution in [3.8, 4) is 17.5 Å². The SMILES string of the molecule is Cc1ccccc1-n1c([C@@H](C)NC(=O)c2c(N)nn3cccnc23)cc2cccc(C#Cc3cnn(C)c3)c2c1=O. The summed E-state index contributed by atoms with van der Waals surface area (Å²) in [5.41, 5.74) is 9.95. The standard InChI is InChI=1S/C31H26N8O2/c1-19-8-4-5-11-24(19)39-25(20(2)35-30(40)27-28(32)36-38-15-7-14-33-29(27)38)16-23-10-6-9-22(26(23)31(39)41)13-12-21-17-34-37(3)18-21/h4-11,14-18,20H,1-3H3,(H2,32,36)(H,35,40)/t20-/m1/s1. The van der Waals surface area contributed by atoms with Gasteiger partial charge in [0.25, 0.3) is 11.5 Å². The van der Waals surface area contributed by atoms with E-state index in [0.717, 1.165) is 11.1 Å². The fourth-order valence-electron chi connectivity index (χ4n) is 4.96. The van der Waals surface area contributed by atoms with Crippen molar-refractivity contribution in [2.45, 2.75) is 19.9 Å². The van der Waals surface area contributed by atoms with Gasteiger partial charge >= 0.3 is 0 Å². The van der Waals surface area contributed by atoms with Gasteiger partial charge < -0.3 is 11.1 Å². The van der Waals surface area contributed by atoms with E-state index in [0.29, 0.717) is 33.4 Å². The summed E-state index contributed by atoms with van der Waals surface area (Å²) in [7, 11) is 1.83. The zero-order valence-electron chi connectivity index (χ0n) is 22.7. The molecular weight excluding hydrogens is 516 g/mol.